The standard InChI is InChI=1S/C25H25Cl2N3O/c1-17-6-7-18(14-22(17)21-10-8-19(26)15-23(21)27)25(31)29-20-9-11-24(28-16-20)30-12-4-2-3-5-13-30/h6-11,14-16H,2-5,12-13H2,1H3,(H,29,31). The van der Waals surface area contributed by atoms with Gasteiger partial charge >= 0.3 is 0 Å². The lowest BCUT2D eigenvalue weighted by Gasteiger charge is -2.21. The van der Waals surface area contributed by atoms with Crippen LogP contribution in [0, 0.1) is 6.92 Å². The van der Waals surface area contributed by atoms with Crippen LogP contribution in [0.1, 0.15) is 41.6 Å². The van der Waals surface area contributed by atoms with E-state index in [1.807, 2.05) is 43.3 Å². The Labute approximate surface area is 193 Å². The first-order chi connectivity index (χ1) is 15.0. The first-order valence-electron chi connectivity index (χ1n) is 10.6. The molecule has 1 aliphatic heterocycles. The van der Waals surface area contributed by atoms with Crippen molar-refractivity contribution < 1.29 is 4.79 Å². The van der Waals surface area contributed by atoms with Crippen LogP contribution in [0.15, 0.2) is 54.7 Å². The molecule has 0 bridgehead atoms. The van der Waals surface area contributed by atoms with Crippen LogP contribution < -0.4 is 10.2 Å². The molecule has 0 unspecified atom stereocenters. The van der Waals surface area contributed by atoms with Gasteiger partial charge in [0.1, 0.15) is 5.82 Å². The molecule has 0 atom stereocenters. The number of carbonyl (C=O) groups excluding carboxylic acids is 1. The Balaban J connectivity index is 1.51. The van der Waals surface area contributed by atoms with Crippen molar-refractivity contribution >= 4 is 40.6 Å². The Morgan fingerprint density at radius 3 is 2.39 bits per heavy atom. The average molecular weight is 454 g/mol. The number of nitrogens with zero attached hydrogens (tertiary/aromatic N) is 2. The lowest BCUT2D eigenvalue weighted by Crippen LogP contribution is -2.24. The number of rotatable bonds is 4. The van der Waals surface area contributed by atoms with E-state index < -0.39 is 0 Å². The molecule has 3 aromatic rings. The molecule has 1 aliphatic rings. The van der Waals surface area contributed by atoms with E-state index in [1.54, 1.807) is 18.3 Å². The fraction of sp³-hybridized carbons (Fsp3) is 0.280. The number of carbonyl (C=O) groups is 1. The lowest BCUT2D eigenvalue weighted by atomic mass is 9.97. The van der Waals surface area contributed by atoms with E-state index in [2.05, 4.69) is 15.2 Å². The molecule has 0 spiro atoms. The zero-order valence-electron chi connectivity index (χ0n) is 17.5. The van der Waals surface area contributed by atoms with E-state index in [-0.39, 0.29) is 5.91 Å². The molecule has 0 aliphatic carbocycles. The summed E-state index contributed by atoms with van der Waals surface area (Å²) < 4.78 is 0. The van der Waals surface area contributed by atoms with E-state index in [0.29, 0.717) is 21.3 Å². The number of hydrogen-bond donors (Lipinski definition) is 1. The number of nitrogens with one attached hydrogen (secondary N) is 1. The SMILES string of the molecule is Cc1ccc(C(=O)Nc2ccc(N3CCCCCC3)nc2)cc1-c1ccc(Cl)cc1Cl. The predicted molar refractivity (Wildman–Crippen MR) is 130 cm³/mol. The fourth-order valence-corrected chi connectivity index (χ4v) is 4.42. The van der Waals surface area contributed by atoms with Gasteiger partial charge in [-0.2, -0.15) is 0 Å². The summed E-state index contributed by atoms with van der Waals surface area (Å²) in [5.74, 6) is 0.783. The second-order valence-electron chi connectivity index (χ2n) is 7.91. The number of anilines is 2. The van der Waals surface area contributed by atoms with Gasteiger partial charge in [0, 0.05) is 34.3 Å². The summed E-state index contributed by atoms with van der Waals surface area (Å²) in [7, 11) is 0. The van der Waals surface area contributed by atoms with Crippen molar-refractivity contribution in [2.45, 2.75) is 32.6 Å². The van der Waals surface area contributed by atoms with E-state index in [9.17, 15) is 4.79 Å². The van der Waals surface area contributed by atoms with Crippen LogP contribution >= 0.6 is 23.2 Å². The largest absolute Gasteiger partial charge is 0.357 e. The molecule has 6 heteroatoms. The third kappa shape index (κ3) is 5.20. The molecule has 1 amide bonds. The summed E-state index contributed by atoms with van der Waals surface area (Å²) in [6, 6.07) is 14.9. The van der Waals surface area contributed by atoms with Gasteiger partial charge in [-0.25, -0.2) is 4.98 Å². The molecule has 2 aromatic carbocycles. The fourth-order valence-electron chi connectivity index (χ4n) is 3.91. The van der Waals surface area contributed by atoms with Crippen LogP contribution in [0.25, 0.3) is 11.1 Å². The summed E-state index contributed by atoms with van der Waals surface area (Å²) in [5, 5.41) is 4.09. The van der Waals surface area contributed by atoms with Crippen molar-refractivity contribution in [1.29, 1.82) is 0 Å². The Bertz CT molecular complexity index is 1070. The molecule has 31 heavy (non-hydrogen) atoms. The maximum Gasteiger partial charge on any atom is 0.255 e. The Hall–Kier alpha value is -2.56. The smallest absolute Gasteiger partial charge is 0.255 e. The summed E-state index contributed by atoms with van der Waals surface area (Å²) >= 11 is 12.4. The van der Waals surface area contributed by atoms with E-state index >= 15 is 0 Å². The number of hydrogen-bond acceptors (Lipinski definition) is 3. The number of aromatic nitrogens is 1. The summed E-state index contributed by atoms with van der Waals surface area (Å²) in [4.78, 5) is 19.8. The van der Waals surface area contributed by atoms with E-state index in [0.717, 1.165) is 35.6 Å². The Kier molecular flexibility index (Phi) is 6.79. The number of amides is 1. The summed E-state index contributed by atoms with van der Waals surface area (Å²) in [6.45, 7) is 4.07. The molecule has 160 valence electrons. The van der Waals surface area contributed by atoms with E-state index in [1.165, 1.54) is 25.7 Å². The normalized spacial score (nSPS) is 14.2. The summed E-state index contributed by atoms with van der Waals surface area (Å²) in [5.41, 5.74) is 4.02. The highest BCUT2D eigenvalue weighted by molar-refractivity contribution is 6.36. The van der Waals surface area contributed by atoms with Gasteiger partial charge in [-0.05, 0) is 67.3 Å². The molecule has 1 saturated heterocycles. The Morgan fingerprint density at radius 1 is 0.935 bits per heavy atom. The first kappa shape index (κ1) is 21.7. The average Bonchev–Trinajstić information content (AvgIpc) is 3.05. The number of halogens is 2. The predicted octanol–water partition coefficient (Wildman–Crippen LogP) is 7.00. The van der Waals surface area contributed by atoms with Crippen molar-refractivity contribution in [2.75, 3.05) is 23.3 Å². The zero-order chi connectivity index (χ0) is 21.8. The number of pyridine rings is 1. The molecule has 0 radical (unpaired) electrons. The van der Waals surface area contributed by atoms with Gasteiger partial charge in [0.05, 0.1) is 11.9 Å². The zero-order valence-corrected chi connectivity index (χ0v) is 19.0. The van der Waals surface area contributed by atoms with Gasteiger partial charge in [-0.3, -0.25) is 4.79 Å². The van der Waals surface area contributed by atoms with Crippen LogP contribution in [-0.4, -0.2) is 24.0 Å². The van der Waals surface area contributed by atoms with Crippen molar-refractivity contribution in [3.8, 4) is 11.1 Å². The van der Waals surface area contributed by atoms with Gasteiger partial charge in [0.25, 0.3) is 5.91 Å². The Morgan fingerprint density at radius 2 is 1.71 bits per heavy atom. The second-order valence-corrected chi connectivity index (χ2v) is 8.76. The molecule has 0 saturated carbocycles. The van der Waals surface area contributed by atoms with Gasteiger partial charge in [0.2, 0.25) is 0 Å². The maximum atomic E-state index is 12.9. The molecule has 1 N–H and O–H groups in total. The second kappa shape index (κ2) is 9.71. The van der Waals surface area contributed by atoms with Crippen LogP contribution in [0.3, 0.4) is 0 Å². The highest BCUT2D eigenvalue weighted by atomic mass is 35.5. The monoisotopic (exact) mass is 453 g/mol. The minimum atomic E-state index is -0.185. The van der Waals surface area contributed by atoms with Crippen molar-refractivity contribution in [2.24, 2.45) is 0 Å². The van der Waals surface area contributed by atoms with E-state index in [4.69, 9.17) is 23.2 Å². The van der Waals surface area contributed by atoms with Crippen LogP contribution in [0.5, 0.6) is 0 Å². The van der Waals surface area contributed by atoms with Crippen molar-refractivity contribution in [3.63, 3.8) is 0 Å². The molecular weight excluding hydrogens is 429 g/mol. The van der Waals surface area contributed by atoms with Crippen LogP contribution in [0.4, 0.5) is 11.5 Å². The van der Waals surface area contributed by atoms with Gasteiger partial charge < -0.3 is 10.2 Å². The molecule has 1 fully saturated rings. The molecule has 4 rings (SSSR count). The molecule has 4 nitrogen and oxygen atoms in total. The minimum absolute atomic E-state index is 0.185. The van der Waals surface area contributed by atoms with Gasteiger partial charge in [0.15, 0.2) is 0 Å². The topological polar surface area (TPSA) is 45.2 Å². The van der Waals surface area contributed by atoms with Gasteiger partial charge in [-0.1, -0.05) is 48.2 Å². The molecule has 2 heterocycles. The van der Waals surface area contributed by atoms with Gasteiger partial charge in [-0.15, -0.1) is 0 Å². The molecular formula is C25H25Cl2N3O. The van der Waals surface area contributed by atoms with Crippen molar-refractivity contribution in [3.05, 3.63) is 75.9 Å². The van der Waals surface area contributed by atoms with Crippen LogP contribution in [0.2, 0.25) is 10.0 Å². The first-order valence-corrected chi connectivity index (χ1v) is 11.4. The highest BCUT2D eigenvalue weighted by Gasteiger charge is 2.14. The van der Waals surface area contributed by atoms with Crippen molar-refractivity contribution in [1.82, 2.24) is 4.98 Å². The number of benzene rings is 2. The third-order valence-corrected chi connectivity index (χ3v) is 6.20. The third-order valence-electron chi connectivity index (χ3n) is 5.66. The highest BCUT2D eigenvalue weighted by Crippen LogP contribution is 2.33. The lowest BCUT2D eigenvalue weighted by molar-refractivity contribution is 0.102. The molecule has 1 aromatic heterocycles. The van der Waals surface area contributed by atoms with Crippen LogP contribution in [-0.2, 0) is 0 Å². The number of aryl methyl sites for hydroxylation is 1. The summed E-state index contributed by atoms with van der Waals surface area (Å²) in [6.07, 6.45) is 6.69. The maximum absolute atomic E-state index is 12.9. The minimum Gasteiger partial charge on any atom is -0.357 e. The quantitative estimate of drug-likeness (QED) is 0.462.